The molecular weight excluding hydrogens is 889 g/mol. The number of hydrogen-bond donors (Lipinski definition) is 4. The van der Waals surface area contributed by atoms with Crippen molar-refractivity contribution >= 4 is 11.9 Å². The summed E-state index contributed by atoms with van der Waals surface area (Å²) in [5.74, 6) is -0.962. The summed E-state index contributed by atoms with van der Waals surface area (Å²) in [6, 6.07) is 47.5. The molecule has 0 aliphatic carbocycles. The monoisotopic (exact) mass is 979 g/mol. The fourth-order valence-corrected chi connectivity index (χ4v) is 11.2. The molecule has 0 spiro atoms. The molecule has 0 aliphatic rings. The highest BCUT2D eigenvalue weighted by Gasteiger charge is 2.37. The molecule has 5 aromatic carbocycles. The Hall–Kier alpha value is -5.12. The number of nitrogens with two attached hydrogens (primary N) is 4. The predicted molar refractivity (Wildman–Crippen MR) is 298 cm³/mol. The third-order valence-electron chi connectivity index (χ3n) is 15.4. The van der Waals surface area contributed by atoms with Gasteiger partial charge in [-0.05, 0) is 122 Å². The minimum absolute atomic E-state index is 0.0198. The number of carbonyl (C=O) groups is 2. The lowest BCUT2D eigenvalue weighted by Crippen LogP contribution is -2.44. The Kier molecular flexibility index (Phi) is 25.8. The van der Waals surface area contributed by atoms with E-state index in [-0.39, 0.29) is 59.0 Å². The molecular formula is C64H90N4O4. The van der Waals surface area contributed by atoms with Gasteiger partial charge in [-0.3, -0.25) is 0 Å². The lowest BCUT2D eigenvalue weighted by atomic mass is 9.74. The number of benzene rings is 5. The fraction of sp³-hybridized carbons (Fsp3) is 0.500. The van der Waals surface area contributed by atoms with E-state index in [0.29, 0.717) is 12.8 Å². The van der Waals surface area contributed by atoms with Gasteiger partial charge in [0.2, 0.25) is 0 Å². The fourth-order valence-electron chi connectivity index (χ4n) is 11.2. The van der Waals surface area contributed by atoms with Gasteiger partial charge in [0.1, 0.15) is 12.2 Å². The minimum Gasteiger partial charge on any atom is -0.454 e. The second kappa shape index (κ2) is 32.1. The average molecular weight is 979 g/mol. The normalized spacial score (nSPS) is 15.8. The van der Waals surface area contributed by atoms with E-state index in [1.165, 1.54) is 11.1 Å². The molecule has 8 N–H and O–H groups in total. The van der Waals surface area contributed by atoms with E-state index in [2.05, 4.69) is 88.4 Å². The maximum absolute atomic E-state index is 14.8. The second-order valence-corrected chi connectivity index (χ2v) is 20.5. The third-order valence-corrected chi connectivity index (χ3v) is 15.4. The molecule has 0 saturated heterocycles. The van der Waals surface area contributed by atoms with Crippen molar-refractivity contribution in [3.8, 4) is 0 Å². The molecule has 0 amide bonds. The van der Waals surface area contributed by atoms with Crippen molar-refractivity contribution in [1.82, 2.24) is 0 Å². The maximum atomic E-state index is 14.8. The molecule has 0 fully saturated rings. The van der Waals surface area contributed by atoms with E-state index in [1.807, 2.05) is 60.7 Å². The number of aryl methyl sites for hydroxylation is 2. The van der Waals surface area contributed by atoms with Crippen LogP contribution >= 0.6 is 0 Å². The Balaban J connectivity index is 1.41. The van der Waals surface area contributed by atoms with Crippen molar-refractivity contribution < 1.29 is 19.1 Å². The van der Waals surface area contributed by atoms with E-state index >= 15 is 0 Å². The first-order chi connectivity index (χ1) is 35.1. The zero-order valence-electron chi connectivity index (χ0n) is 44.3. The summed E-state index contributed by atoms with van der Waals surface area (Å²) in [6.07, 6.45) is 15.2. The van der Waals surface area contributed by atoms with Crippen LogP contribution in [0.1, 0.15) is 186 Å². The van der Waals surface area contributed by atoms with Gasteiger partial charge in [-0.15, -0.1) is 0 Å². The summed E-state index contributed by atoms with van der Waals surface area (Å²) in [6.45, 7) is 8.79. The van der Waals surface area contributed by atoms with Crippen molar-refractivity contribution in [2.45, 2.75) is 180 Å². The third kappa shape index (κ3) is 18.4. The van der Waals surface area contributed by atoms with E-state index in [9.17, 15) is 9.59 Å². The first-order valence-corrected chi connectivity index (χ1v) is 27.8. The molecule has 0 bridgehead atoms. The number of unbranched alkanes of at least 4 members (excludes halogenated alkanes) is 4. The summed E-state index contributed by atoms with van der Waals surface area (Å²) in [5.41, 5.74) is 33.3. The van der Waals surface area contributed by atoms with Crippen molar-refractivity contribution in [1.29, 1.82) is 0 Å². The lowest BCUT2D eigenvalue weighted by molar-refractivity contribution is 0.0127. The summed E-state index contributed by atoms with van der Waals surface area (Å²) in [4.78, 5) is 29.6. The van der Waals surface area contributed by atoms with Gasteiger partial charge in [0, 0.05) is 24.2 Å². The van der Waals surface area contributed by atoms with Crippen molar-refractivity contribution in [3.05, 3.63) is 179 Å². The number of esters is 2. The van der Waals surface area contributed by atoms with E-state index in [1.54, 1.807) is 24.3 Å². The number of rotatable bonds is 34. The van der Waals surface area contributed by atoms with Crippen LogP contribution in [0.25, 0.3) is 0 Å². The highest BCUT2D eigenvalue weighted by molar-refractivity contribution is 6.03. The predicted octanol–water partition coefficient (Wildman–Crippen LogP) is 14.1. The minimum atomic E-state index is -0.634. The SMILES string of the molecule is CCCCC(N)C(CC)C(CC(OC(=O)c1ccccc1C(=O)OC(CC(C(N)CCCCc1ccccc1)C(CC)C(N)CCCC)c1ccccc1)c1ccccc1)C(N)CCCCc1ccccc1. The van der Waals surface area contributed by atoms with E-state index < -0.39 is 24.1 Å². The summed E-state index contributed by atoms with van der Waals surface area (Å²) < 4.78 is 13.2. The number of ether oxygens (including phenoxy) is 2. The summed E-state index contributed by atoms with van der Waals surface area (Å²) in [5, 5.41) is 0. The molecule has 8 heteroatoms. The largest absolute Gasteiger partial charge is 0.454 e. The van der Waals surface area contributed by atoms with Crippen LogP contribution in [0.5, 0.6) is 0 Å². The van der Waals surface area contributed by atoms with E-state index in [0.717, 1.165) is 114 Å². The van der Waals surface area contributed by atoms with Crippen LogP contribution in [-0.2, 0) is 22.3 Å². The molecule has 0 saturated carbocycles. The van der Waals surface area contributed by atoms with Crippen LogP contribution in [0.15, 0.2) is 146 Å². The zero-order chi connectivity index (χ0) is 51.5. The molecule has 72 heavy (non-hydrogen) atoms. The molecule has 10 atom stereocenters. The first-order valence-electron chi connectivity index (χ1n) is 27.8. The Bertz CT molecular complexity index is 2070. The second-order valence-electron chi connectivity index (χ2n) is 20.5. The van der Waals surface area contributed by atoms with Crippen LogP contribution in [0.2, 0.25) is 0 Å². The van der Waals surface area contributed by atoms with Gasteiger partial charge in [-0.2, -0.15) is 0 Å². The molecule has 8 nitrogen and oxygen atoms in total. The Morgan fingerprint density at radius 3 is 1.03 bits per heavy atom. The molecule has 5 rings (SSSR count). The molecule has 10 unspecified atom stereocenters. The average Bonchev–Trinajstić information content (AvgIpc) is 3.42. The van der Waals surface area contributed by atoms with Gasteiger partial charge in [0.05, 0.1) is 11.1 Å². The van der Waals surface area contributed by atoms with Gasteiger partial charge < -0.3 is 32.4 Å². The van der Waals surface area contributed by atoms with Gasteiger partial charge in [-0.1, -0.05) is 213 Å². The highest BCUT2D eigenvalue weighted by atomic mass is 16.6. The molecule has 0 heterocycles. The van der Waals surface area contributed by atoms with E-state index in [4.69, 9.17) is 32.4 Å². The Morgan fingerprint density at radius 2 is 0.694 bits per heavy atom. The zero-order valence-corrected chi connectivity index (χ0v) is 44.3. The number of carbonyl (C=O) groups excluding carboxylic acids is 2. The molecule has 0 aromatic heterocycles. The van der Waals surface area contributed by atoms with Gasteiger partial charge >= 0.3 is 11.9 Å². The van der Waals surface area contributed by atoms with Crippen molar-refractivity contribution in [2.24, 2.45) is 46.6 Å². The van der Waals surface area contributed by atoms with Crippen LogP contribution in [0.4, 0.5) is 0 Å². The quantitative estimate of drug-likeness (QED) is 0.0234. The smallest absolute Gasteiger partial charge is 0.339 e. The Labute approximate surface area is 434 Å². The van der Waals surface area contributed by atoms with Crippen LogP contribution in [0, 0.1) is 23.7 Å². The van der Waals surface area contributed by atoms with Crippen LogP contribution < -0.4 is 22.9 Å². The Morgan fingerprint density at radius 1 is 0.389 bits per heavy atom. The van der Waals surface area contributed by atoms with Gasteiger partial charge in [0.15, 0.2) is 0 Å². The lowest BCUT2D eigenvalue weighted by Gasteiger charge is -2.37. The standard InChI is InChI=1S/C64H90N4O4/c1-5-9-41-57(65)51(7-3)55(59(67)43-27-23-33-47-29-15-11-16-30-47)45-61(49-35-19-13-20-36-49)71-63(69)53-39-25-26-40-54(53)64(70)72-62(50-37-21-14-22-38-50)46-56(52(8-4)58(66)42-10-6-2)60(68)44-28-24-34-48-31-17-12-18-32-48/h11-22,25-26,29-32,35-40,51-52,55-62H,5-10,23-24,27-28,33-34,41-46,65-68H2,1-4H3. The molecule has 0 aliphatic heterocycles. The molecule has 390 valence electrons. The molecule has 0 radical (unpaired) electrons. The summed E-state index contributed by atoms with van der Waals surface area (Å²) in [7, 11) is 0. The van der Waals surface area contributed by atoms with Crippen LogP contribution in [0.3, 0.4) is 0 Å². The van der Waals surface area contributed by atoms with Gasteiger partial charge in [-0.25, -0.2) is 9.59 Å². The maximum Gasteiger partial charge on any atom is 0.339 e. The first kappa shape index (κ1) is 57.8. The van der Waals surface area contributed by atoms with Crippen molar-refractivity contribution in [3.63, 3.8) is 0 Å². The topological polar surface area (TPSA) is 157 Å². The molecule has 5 aromatic rings. The van der Waals surface area contributed by atoms with Crippen LogP contribution in [-0.4, -0.2) is 36.1 Å². The van der Waals surface area contributed by atoms with Gasteiger partial charge in [0.25, 0.3) is 0 Å². The highest BCUT2D eigenvalue weighted by Crippen LogP contribution is 2.39. The number of hydrogen-bond acceptors (Lipinski definition) is 8. The summed E-state index contributed by atoms with van der Waals surface area (Å²) >= 11 is 0. The van der Waals surface area contributed by atoms with Crippen molar-refractivity contribution in [2.75, 3.05) is 0 Å².